The van der Waals surface area contributed by atoms with Crippen molar-refractivity contribution < 1.29 is 4.74 Å². The highest BCUT2D eigenvalue weighted by molar-refractivity contribution is 6.30. The van der Waals surface area contributed by atoms with E-state index in [2.05, 4.69) is 15.0 Å². The number of hydrogen-bond acceptors (Lipinski definition) is 4. The van der Waals surface area contributed by atoms with Crippen molar-refractivity contribution in [3.8, 4) is 28.5 Å². The Bertz CT molecular complexity index is 1040. The van der Waals surface area contributed by atoms with E-state index < -0.39 is 0 Å². The van der Waals surface area contributed by atoms with Gasteiger partial charge in [-0.2, -0.15) is 0 Å². The van der Waals surface area contributed by atoms with Gasteiger partial charge in [0.2, 0.25) is 0 Å². The topological polar surface area (TPSA) is 47.9 Å². The van der Waals surface area contributed by atoms with E-state index >= 15 is 0 Å². The number of rotatable bonds is 5. The van der Waals surface area contributed by atoms with Gasteiger partial charge >= 0.3 is 0 Å². The van der Waals surface area contributed by atoms with Crippen molar-refractivity contribution in [2.75, 3.05) is 0 Å². The second-order valence-electron chi connectivity index (χ2n) is 5.89. The first kappa shape index (κ1) is 17.2. The average Bonchev–Trinajstić information content (AvgIpc) is 2.74. The molecule has 0 N–H and O–H groups in total. The number of pyridine rings is 1. The molecule has 5 heteroatoms. The van der Waals surface area contributed by atoms with Gasteiger partial charge in [0.25, 0.3) is 0 Å². The molecule has 132 valence electrons. The molecule has 0 saturated heterocycles. The molecule has 2 heterocycles. The van der Waals surface area contributed by atoms with Crippen molar-refractivity contribution in [3.05, 3.63) is 95.8 Å². The van der Waals surface area contributed by atoms with Crippen molar-refractivity contribution >= 4 is 11.6 Å². The largest absolute Gasteiger partial charge is 0.488 e. The Kier molecular flexibility index (Phi) is 5.08. The Labute approximate surface area is 162 Å². The second kappa shape index (κ2) is 7.98. The van der Waals surface area contributed by atoms with Crippen LogP contribution in [0.15, 0.2) is 85.2 Å². The maximum atomic E-state index is 6.04. The molecule has 2 aromatic heterocycles. The van der Waals surface area contributed by atoms with Gasteiger partial charge in [0.05, 0.1) is 5.69 Å². The molecular formula is C22H16ClN3O. The molecule has 0 bridgehead atoms. The van der Waals surface area contributed by atoms with Crippen LogP contribution in [0.2, 0.25) is 5.02 Å². The van der Waals surface area contributed by atoms with Gasteiger partial charge in [-0.25, -0.2) is 9.97 Å². The lowest BCUT2D eigenvalue weighted by Gasteiger charge is -2.12. The van der Waals surface area contributed by atoms with Gasteiger partial charge < -0.3 is 4.74 Å². The number of hydrogen-bond donors (Lipinski definition) is 0. The van der Waals surface area contributed by atoms with E-state index in [4.69, 9.17) is 16.3 Å². The Morgan fingerprint density at radius 3 is 2.37 bits per heavy atom. The van der Waals surface area contributed by atoms with E-state index in [0.717, 1.165) is 28.3 Å². The molecular weight excluding hydrogens is 358 g/mol. The van der Waals surface area contributed by atoms with Gasteiger partial charge in [-0.15, -0.1) is 0 Å². The van der Waals surface area contributed by atoms with E-state index in [0.29, 0.717) is 17.5 Å². The molecule has 27 heavy (non-hydrogen) atoms. The molecule has 0 saturated carbocycles. The van der Waals surface area contributed by atoms with Gasteiger partial charge in [-0.3, -0.25) is 4.98 Å². The molecule has 0 spiro atoms. The molecule has 0 aliphatic rings. The van der Waals surface area contributed by atoms with Crippen molar-refractivity contribution in [2.24, 2.45) is 0 Å². The number of benzene rings is 2. The summed E-state index contributed by atoms with van der Waals surface area (Å²) < 4.78 is 6.04. The quantitative estimate of drug-likeness (QED) is 0.467. The standard InChI is InChI=1S/C22H16ClN3O/c23-17-10-8-16(9-11-17)15-27-21-7-2-1-5-18(21)19-12-14-25-22(26-19)20-6-3-4-13-24-20/h1-14H,15H2. The summed E-state index contributed by atoms with van der Waals surface area (Å²) in [6, 6.07) is 23.0. The van der Waals surface area contributed by atoms with Crippen molar-refractivity contribution in [2.45, 2.75) is 6.61 Å². The first-order chi connectivity index (χ1) is 13.3. The molecule has 4 rings (SSSR count). The highest BCUT2D eigenvalue weighted by Crippen LogP contribution is 2.30. The zero-order chi connectivity index (χ0) is 18.5. The fourth-order valence-corrected chi connectivity index (χ4v) is 2.80. The number of halogens is 1. The molecule has 4 aromatic rings. The molecule has 0 radical (unpaired) electrons. The van der Waals surface area contributed by atoms with Gasteiger partial charge in [-0.05, 0) is 48.0 Å². The van der Waals surface area contributed by atoms with Crippen LogP contribution in [0.4, 0.5) is 0 Å². The summed E-state index contributed by atoms with van der Waals surface area (Å²) in [4.78, 5) is 13.3. The summed E-state index contributed by atoms with van der Waals surface area (Å²) in [6.45, 7) is 0.451. The summed E-state index contributed by atoms with van der Waals surface area (Å²) in [7, 11) is 0. The van der Waals surface area contributed by atoms with Crippen LogP contribution in [0.1, 0.15) is 5.56 Å². The lowest BCUT2D eigenvalue weighted by molar-refractivity contribution is 0.307. The third-order valence-electron chi connectivity index (χ3n) is 4.02. The molecule has 0 aliphatic heterocycles. The van der Waals surface area contributed by atoms with E-state index in [1.54, 1.807) is 12.4 Å². The Balaban J connectivity index is 1.62. The van der Waals surface area contributed by atoms with Crippen molar-refractivity contribution in [3.63, 3.8) is 0 Å². The smallest absolute Gasteiger partial charge is 0.178 e. The molecule has 0 atom stereocenters. The van der Waals surface area contributed by atoms with E-state index in [9.17, 15) is 0 Å². The highest BCUT2D eigenvalue weighted by Gasteiger charge is 2.10. The van der Waals surface area contributed by atoms with Gasteiger partial charge in [0.15, 0.2) is 5.82 Å². The molecule has 0 unspecified atom stereocenters. The van der Waals surface area contributed by atoms with Crippen LogP contribution >= 0.6 is 11.6 Å². The Morgan fingerprint density at radius 1 is 0.741 bits per heavy atom. The zero-order valence-corrected chi connectivity index (χ0v) is 15.2. The molecule has 0 amide bonds. The Morgan fingerprint density at radius 2 is 1.56 bits per heavy atom. The predicted molar refractivity (Wildman–Crippen MR) is 106 cm³/mol. The lowest BCUT2D eigenvalue weighted by Crippen LogP contribution is -1.98. The van der Waals surface area contributed by atoms with Crippen LogP contribution in [-0.4, -0.2) is 15.0 Å². The van der Waals surface area contributed by atoms with Gasteiger partial charge in [0.1, 0.15) is 18.1 Å². The van der Waals surface area contributed by atoms with Crippen molar-refractivity contribution in [1.82, 2.24) is 15.0 Å². The minimum Gasteiger partial charge on any atom is -0.488 e. The predicted octanol–water partition coefficient (Wildman–Crippen LogP) is 5.44. The van der Waals surface area contributed by atoms with Crippen LogP contribution in [0.5, 0.6) is 5.75 Å². The molecule has 2 aromatic carbocycles. The first-order valence-corrected chi connectivity index (χ1v) is 8.88. The maximum absolute atomic E-state index is 6.04. The number of nitrogens with zero attached hydrogens (tertiary/aromatic N) is 3. The molecule has 0 fully saturated rings. The maximum Gasteiger partial charge on any atom is 0.178 e. The van der Waals surface area contributed by atoms with Crippen LogP contribution in [0.25, 0.3) is 22.8 Å². The van der Waals surface area contributed by atoms with Crippen LogP contribution in [0, 0.1) is 0 Å². The fourth-order valence-electron chi connectivity index (χ4n) is 2.67. The molecule has 0 aliphatic carbocycles. The fraction of sp³-hybridized carbons (Fsp3) is 0.0455. The Hall–Kier alpha value is -3.24. The van der Waals surface area contributed by atoms with E-state index in [1.807, 2.05) is 72.8 Å². The summed E-state index contributed by atoms with van der Waals surface area (Å²) in [5.41, 5.74) is 3.48. The average molecular weight is 374 g/mol. The number of ether oxygens (including phenoxy) is 1. The van der Waals surface area contributed by atoms with Crippen LogP contribution in [0.3, 0.4) is 0 Å². The van der Waals surface area contributed by atoms with Gasteiger partial charge in [-0.1, -0.05) is 41.9 Å². The monoisotopic (exact) mass is 373 g/mol. The number of para-hydroxylation sites is 1. The summed E-state index contributed by atoms with van der Waals surface area (Å²) in [5, 5.41) is 0.710. The third kappa shape index (κ3) is 4.13. The molecule has 4 nitrogen and oxygen atoms in total. The van der Waals surface area contributed by atoms with Crippen molar-refractivity contribution in [1.29, 1.82) is 0 Å². The summed E-state index contributed by atoms with van der Waals surface area (Å²) in [6.07, 6.45) is 3.47. The zero-order valence-electron chi connectivity index (χ0n) is 14.4. The summed E-state index contributed by atoms with van der Waals surface area (Å²) in [5.74, 6) is 1.35. The van der Waals surface area contributed by atoms with Crippen LogP contribution in [-0.2, 0) is 6.61 Å². The van der Waals surface area contributed by atoms with Crippen LogP contribution < -0.4 is 4.74 Å². The SMILES string of the molecule is Clc1ccc(COc2ccccc2-c2ccnc(-c3ccccn3)n2)cc1. The van der Waals surface area contributed by atoms with E-state index in [-0.39, 0.29) is 0 Å². The lowest BCUT2D eigenvalue weighted by atomic mass is 10.1. The second-order valence-corrected chi connectivity index (χ2v) is 6.33. The first-order valence-electron chi connectivity index (χ1n) is 8.51. The van der Waals surface area contributed by atoms with Gasteiger partial charge in [0, 0.05) is 23.0 Å². The van der Waals surface area contributed by atoms with E-state index in [1.165, 1.54) is 0 Å². The highest BCUT2D eigenvalue weighted by atomic mass is 35.5. The minimum atomic E-state index is 0.451. The minimum absolute atomic E-state index is 0.451. The number of aromatic nitrogens is 3. The normalized spacial score (nSPS) is 10.6. The third-order valence-corrected chi connectivity index (χ3v) is 4.27. The summed E-state index contributed by atoms with van der Waals surface area (Å²) >= 11 is 5.94.